The Kier molecular flexibility index (Phi) is 7.14. The third kappa shape index (κ3) is 5.68. The van der Waals surface area contributed by atoms with E-state index in [1.165, 1.54) is 12.1 Å². The number of rotatable bonds is 9. The monoisotopic (exact) mass is 470 g/mol. The maximum absolute atomic E-state index is 13.3. The summed E-state index contributed by atoms with van der Waals surface area (Å²) in [5.41, 5.74) is 0. The molecule has 1 aliphatic heterocycles. The average molecular weight is 471 g/mol. The lowest BCUT2D eigenvalue weighted by atomic mass is 10.2. The van der Waals surface area contributed by atoms with Crippen molar-refractivity contribution in [1.29, 1.82) is 0 Å². The van der Waals surface area contributed by atoms with Crippen LogP contribution in [0.5, 0.6) is 5.75 Å². The first-order valence-corrected chi connectivity index (χ1v) is 13.5. The third-order valence-electron chi connectivity index (χ3n) is 5.29. The Balaban J connectivity index is 1.80. The molecule has 0 aliphatic carbocycles. The molecule has 172 valence electrons. The van der Waals surface area contributed by atoms with Crippen molar-refractivity contribution in [3.63, 3.8) is 0 Å². The summed E-state index contributed by atoms with van der Waals surface area (Å²) in [4.78, 5) is 2.03. The van der Waals surface area contributed by atoms with Crippen LogP contribution in [0.2, 0.25) is 0 Å². The van der Waals surface area contributed by atoms with Crippen molar-refractivity contribution in [2.24, 2.45) is 0 Å². The number of benzene rings is 1. The standard InChI is InChI=1S/C21H30N2O6S2/c1-15(2)29-16-7-9-17(10-8-16)31(26,27)21-14-30(24,25)13-18(21)22-12-19(23(3)4)20-6-5-11-28-20/h5-11,15,18-19,21-22H,12-14H2,1-4H3/t18-,19?,21-/m0/s1. The number of nitrogens with zero attached hydrogens (tertiary/aromatic N) is 1. The number of hydrogen-bond donors (Lipinski definition) is 1. The number of sulfone groups is 2. The van der Waals surface area contributed by atoms with Crippen LogP contribution in [-0.4, -0.2) is 71.3 Å². The molecule has 1 aromatic heterocycles. The van der Waals surface area contributed by atoms with E-state index < -0.39 is 36.7 Å². The van der Waals surface area contributed by atoms with Gasteiger partial charge in [0.1, 0.15) is 11.5 Å². The van der Waals surface area contributed by atoms with Crippen LogP contribution >= 0.6 is 0 Å². The first kappa shape index (κ1) is 23.8. The van der Waals surface area contributed by atoms with Gasteiger partial charge in [-0.3, -0.25) is 4.90 Å². The molecule has 3 atom stereocenters. The molecule has 3 rings (SSSR count). The van der Waals surface area contributed by atoms with E-state index in [1.54, 1.807) is 24.5 Å². The normalized spacial score (nSPS) is 22.1. The second-order valence-corrected chi connectivity index (χ2v) is 12.6. The summed E-state index contributed by atoms with van der Waals surface area (Å²) in [6, 6.07) is 8.89. The second-order valence-electron chi connectivity index (χ2n) is 8.31. The van der Waals surface area contributed by atoms with E-state index in [-0.39, 0.29) is 22.8 Å². The zero-order valence-electron chi connectivity index (χ0n) is 18.2. The SMILES string of the molecule is CC(C)Oc1ccc(S(=O)(=O)[C@H]2CS(=O)(=O)C[C@@H]2NCC(c2ccco2)N(C)C)cc1. The Bertz CT molecular complexity index is 1060. The average Bonchev–Trinajstić information content (AvgIpc) is 3.29. The molecule has 1 aliphatic rings. The van der Waals surface area contributed by atoms with Crippen molar-refractivity contribution >= 4 is 19.7 Å². The molecule has 1 fully saturated rings. The number of furan rings is 1. The van der Waals surface area contributed by atoms with Gasteiger partial charge in [0.2, 0.25) is 0 Å². The smallest absolute Gasteiger partial charge is 0.183 e. The maximum Gasteiger partial charge on any atom is 0.183 e. The van der Waals surface area contributed by atoms with Gasteiger partial charge in [-0.25, -0.2) is 16.8 Å². The molecule has 1 saturated heterocycles. The molecular formula is C21H30N2O6S2. The lowest BCUT2D eigenvalue weighted by molar-refractivity contribution is 0.242. The quantitative estimate of drug-likeness (QED) is 0.592. The first-order valence-electron chi connectivity index (χ1n) is 10.1. The van der Waals surface area contributed by atoms with E-state index in [4.69, 9.17) is 9.15 Å². The topological polar surface area (TPSA) is 106 Å². The van der Waals surface area contributed by atoms with Gasteiger partial charge in [-0.05, 0) is 64.3 Å². The highest BCUT2D eigenvalue weighted by Crippen LogP contribution is 2.28. The van der Waals surface area contributed by atoms with Crippen molar-refractivity contribution in [1.82, 2.24) is 10.2 Å². The largest absolute Gasteiger partial charge is 0.491 e. The number of ether oxygens (including phenoxy) is 1. The Morgan fingerprint density at radius 3 is 2.39 bits per heavy atom. The lowest BCUT2D eigenvalue weighted by Gasteiger charge is -2.26. The minimum atomic E-state index is -3.86. The number of hydrogen-bond acceptors (Lipinski definition) is 8. The van der Waals surface area contributed by atoms with Crippen molar-refractivity contribution in [3.8, 4) is 5.75 Å². The first-order chi connectivity index (χ1) is 14.5. The van der Waals surface area contributed by atoms with E-state index in [0.29, 0.717) is 12.3 Å². The van der Waals surface area contributed by atoms with Crippen LogP contribution < -0.4 is 10.1 Å². The van der Waals surface area contributed by atoms with Crippen LogP contribution in [0.15, 0.2) is 52.0 Å². The molecule has 1 aromatic carbocycles. The van der Waals surface area contributed by atoms with E-state index >= 15 is 0 Å². The van der Waals surface area contributed by atoms with Crippen molar-refractivity contribution in [2.45, 2.75) is 42.2 Å². The zero-order chi connectivity index (χ0) is 22.8. The molecule has 2 heterocycles. The lowest BCUT2D eigenvalue weighted by Crippen LogP contribution is -2.46. The Morgan fingerprint density at radius 1 is 1.16 bits per heavy atom. The van der Waals surface area contributed by atoms with Crippen LogP contribution in [0.3, 0.4) is 0 Å². The Morgan fingerprint density at radius 2 is 1.84 bits per heavy atom. The van der Waals surface area contributed by atoms with Gasteiger partial charge >= 0.3 is 0 Å². The van der Waals surface area contributed by atoms with E-state index in [2.05, 4.69) is 5.32 Å². The fourth-order valence-corrected chi connectivity index (χ4v) is 8.46. The summed E-state index contributed by atoms with van der Waals surface area (Å²) in [6.07, 6.45) is 1.54. The summed E-state index contributed by atoms with van der Waals surface area (Å²) in [5.74, 6) is 0.669. The Labute approximate surface area is 184 Å². The van der Waals surface area contributed by atoms with Crippen LogP contribution in [-0.2, 0) is 19.7 Å². The minimum absolute atomic E-state index is 0.0326. The molecule has 0 radical (unpaired) electrons. The predicted molar refractivity (Wildman–Crippen MR) is 119 cm³/mol. The van der Waals surface area contributed by atoms with Crippen LogP contribution in [0.25, 0.3) is 0 Å². The highest BCUT2D eigenvalue weighted by atomic mass is 32.2. The molecule has 0 spiro atoms. The van der Waals surface area contributed by atoms with E-state index in [1.807, 2.05) is 38.9 Å². The molecule has 8 nitrogen and oxygen atoms in total. The van der Waals surface area contributed by atoms with Crippen molar-refractivity contribution in [2.75, 3.05) is 32.1 Å². The molecule has 10 heteroatoms. The van der Waals surface area contributed by atoms with Crippen LogP contribution in [0.4, 0.5) is 0 Å². The summed E-state index contributed by atoms with van der Waals surface area (Å²) in [5, 5.41) is 2.12. The molecule has 1 N–H and O–H groups in total. The van der Waals surface area contributed by atoms with Crippen LogP contribution in [0, 0.1) is 0 Å². The van der Waals surface area contributed by atoms with Crippen LogP contribution in [0.1, 0.15) is 25.6 Å². The third-order valence-corrected chi connectivity index (χ3v) is 9.46. The molecule has 31 heavy (non-hydrogen) atoms. The highest BCUT2D eigenvalue weighted by Gasteiger charge is 2.46. The van der Waals surface area contributed by atoms with Gasteiger partial charge in [-0.15, -0.1) is 0 Å². The molecule has 2 aromatic rings. The van der Waals surface area contributed by atoms with Gasteiger partial charge in [0.25, 0.3) is 0 Å². The highest BCUT2D eigenvalue weighted by molar-refractivity contribution is 7.96. The summed E-state index contributed by atoms with van der Waals surface area (Å²) in [6.45, 7) is 4.12. The molecular weight excluding hydrogens is 440 g/mol. The van der Waals surface area contributed by atoms with Gasteiger partial charge < -0.3 is 14.5 Å². The molecule has 0 saturated carbocycles. The summed E-state index contributed by atoms with van der Waals surface area (Å²) >= 11 is 0. The van der Waals surface area contributed by atoms with E-state index in [0.717, 1.165) is 5.76 Å². The maximum atomic E-state index is 13.3. The van der Waals surface area contributed by atoms with Gasteiger partial charge in [0.15, 0.2) is 19.7 Å². The number of likely N-dealkylation sites (N-methyl/N-ethyl adjacent to an activating group) is 1. The van der Waals surface area contributed by atoms with Crippen molar-refractivity contribution in [3.05, 3.63) is 48.4 Å². The van der Waals surface area contributed by atoms with Gasteiger partial charge in [-0.2, -0.15) is 0 Å². The van der Waals surface area contributed by atoms with Gasteiger partial charge in [0.05, 0.1) is 40.1 Å². The summed E-state index contributed by atoms with van der Waals surface area (Å²) in [7, 11) is -3.58. The molecule has 1 unspecified atom stereocenters. The van der Waals surface area contributed by atoms with E-state index in [9.17, 15) is 16.8 Å². The van der Waals surface area contributed by atoms with Gasteiger partial charge in [0, 0.05) is 12.6 Å². The molecule has 0 amide bonds. The zero-order valence-corrected chi connectivity index (χ0v) is 19.8. The number of nitrogens with one attached hydrogen (secondary N) is 1. The fraction of sp³-hybridized carbons (Fsp3) is 0.524. The van der Waals surface area contributed by atoms with Crippen molar-refractivity contribution < 1.29 is 26.0 Å². The predicted octanol–water partition coefficient (Wildman–Crippen LogP) is 1.90. The molecule has 0 bridgehead atoms. The summed E-state index contributed by atoms with van der Waals surface area (Å²) < 4.78 is 62.4. The van der Waals surface area contributed by atoms with Gasteiger partial charge in [-0.1, -0.05) is 0 Å². The second kappa shape index (κ2) is 9.32. The minimum Gasteiger partial charge on any atom is -0.491 e. The fourth-order valence-electron chi connectivity index (χ4n) is 3.75. The Hall–Kier alpha value is -1.88.